The minimum absolute atomic E-state index is 0.0833. The van der Waals surface area contributed by atoms with E-state index in [4.69, 9.17) is 4.74 Å². The van der Waals surface area contributed by atoms with Crippen LogP contribution in [-0.4, -0.2) is 44.0 Å². The summed E-state index contributed by atoms with van der Waals surface area (Å²) in [7, 11) is -2.29. The second kappa shape index (κ2) is 6.13. The monoisotopic (exact) mass is 313 g/mol. The fraction of sp³-hybridized carbons (Fsp3) is 0.500. The van der Waals surface area contributed by atoms with Gasteiger partial charge in [0.15, 0.2) is 0 Å². The number of carboxylic acid groups (broad SMARTS) is 1. The number of benzene rings is 1. The van der Waals surface area contributed by atoms with Crippen molar-refractivity contribution in [3.8, 4) is 0 Å². The van der Waals surface area contributed by atoms with Gasteiger partial charge in [0.2, 0.25) is 10.0 Å². The summed E-state index contributed by atoms with van der Waals surface area (Å²) in [6.07, 6.45) is 1.10. The van der Waals surface area contributed by atoms with Crippen molar-refractivity contribution < 1.29 is 23.1 Å². The number of hydrogen-bond acceptors (Lipinski definition) is 4. The molecule has 1 saturated carbocycles. The first kappa shape index (κ1) is 15.9. The van der Waals surface area contributed by atoms with Gasteiger partial charge in [-0.3, -0.25) is 4.79 Å². The van der Waals surface area contributed by atoms with Crippen LogP contribution in [0.1, 0.15) is 18.4 Å². The maximum Gasteiger partial charge on any atom is 0.322 e. The van der Waals surface area contributed by atoms with E-state index in [2.05, 4.69) is 4.72 Å². The molecule has 0 bridgehead atoms. The van der Waals surface area contributed by atoms with Crippen molar-refractivity contribution in [2.24, 2.45) is 0 Å². The Bertz CT molecular complexity index is 595. The number of carbonyl (C=O) groups is 1. The molecule has 21 heavy (non-hydrogen) atoms. The SMILES string of the molecule is COCC1(S(=O)(=O)N[C@H](Cc2ccccc2)C(=O)O)CC1. The molecule has 7 heteroatoms. The van der Waals surface area contributed by atoms with E-state index in [1.54, 1.807) is 24.3 Å². The van der Waals surface area contributed by atoms with E-state index in [1.807, 2.05) is 6.07 Å². The fourth-order valence-corrected chi connectivity index (χ4v) is 3.96. The van der Waals surface area contributed by atoms with Crippen molar-refractivity contribution in [2.75, 3.05) is 13.7 Å². The standard InChI is InChI=1S/C14H19NO5S/c1-20-10-14(7-8-14)21(18,19)15-12(13(16)17)9-11-5-3-2-4-6-11/h2-6,12,15H,7-10H2,1H3,(H,16,17)/t12-/m1/s1. The Hall–Kier alpha value is -1.44. The van der Waals surface area contributed by atoms with Gasteiger partial charge < -0.3 is 9.84 Å². The van der Waals surface area contributed by atoms with Crippen LogP contribution >= 0.6 is 0 Å². The van der Waals surface area contributed by atoms with E-state index in [0.29, 0.717) is 12.8 Å². The number of methoxy groups -OCH3 is 1. The smallest absolute Gasteiger partial charge is 0.322 e. The molecule has 1 aliphatic carbocycles. The topological polar surface area (TPSA) is 92.7 Å². The second-order valence-corrected chi connectivity index (χ2v) is 7.43. The highest BCUT2D eigenvalue weighted by Gasteiger charge is 2.55. The van der Waals surface area contributed by atoms with Gasteiger partial charge in [-0.2, -0.15) is 0 Å². The number of aliphatic carboxylic acids is 1. The molecule has 2 rings (SSSR count). The van der Waals surface area contributed by atoms with E-state index in [-0.39, 0.29) is 13.0 Å². The largest absolute Gasteiger partial charge is 0.480 e. The first-order valence-electron chi connectivity index (χ1n) is 6.68. The summed E-state index contributed by atoms with van der Waals surface area (Å²) >= 11 is 0. The summed E-state index contributed by atoms with van der Waals surface area (Å²) in [5.74, 6) is -1.18. The average molecular weight is 313 g/mol. The zero-order valence-corrected chi connectivity index (χ0v) is 12.6. The highest BCUT2D eigenvalue weighted by atomic mass is 32.2. The molecule has 0 aliphatic heterocycles. The third-order valence-corrected chi connectivity index (χ3v) is 5.92. The van der Waals surface area contributed by atoms with Crippen LogP contribution in [0.2, 0.25) is 0 Å². The molecule has 1 atom stereocenters. The van der Waals surface area contributed by atoms with Crippen LogP contribution in [0, 0.1) is 0 Å². The van der Waals surface area contributed by atoms with Crippen LogP contribution in [0.4, 0.5) is 0 Å². The molecular formula is C14H19NO5S. The average Bonchev–Trinajstić information content (AvgIpc) is 3.21. The first-order valence-corrected chi connectivity index (χ1v) is 8.16. The molecule has 1 aromatic rings. The molecule has 1 aliphatic rings. The molecule has 6 nitrogen and oxygen atoms in total. The molecule has 0 saturated heterocycles. The zero-order valence-electron chi connectivity index (χ0n) is 11.8. The van der Waals surface area contributed by atoms with Crippen molar-refractivity contribution in [3.05, 3.63) is 35.9 Å². The Balaban J connectivity index is 2.12. The second-order valence-electron chi connectivity index (χ2n) is 5.32. The van der Waals surface area contributed by atoms with Gasteiger partial charge in [-0.1, -0.05) is 30.3 Å². The van der Waals surface area contributed by atoms with E-state index >= 15 is 0 Å². The molecule has 116 valence electrons. The van der Waals surface area contributed by atoms with Crippen molar-refractivity contribution in [3.63, 3.8) is 0 Å². The number of sulfonamides is 1. The van der Waals surface area contributed by atoms with Crippen LogP contribution in [-0.2, 0) is 26.0 Å². The predicted octanol–water partition coefficient (Wildman–Crippen LogP) is 0.781. The lowest BCUT2D eigenvalue weighted by molar-refractivity contribution is -0.138. The molecular weight excluding hydrogens is 294 g/mol. The lowest BCUT2D eigenvalue weighted by Crippen LogP contribution is -2.48. The van der Waals surface area contributed by atoms with Gasteiger partial charge in [0.05, 0.1) is 6.61 Å². The number of ether oxygens (including phenoxy) is 1. The number of nitrogens with one attached hydrogen (secondary N) is 1. The number of hydrogen-bond donors (Lipinski definition) is 2. The molecule has 0 amide bonds. The lowest BCUT2D eigenvalue weighted by Gasteiger charge is -2.20. The summed E-state index contributed by atoms with van der Waals surface area (Å²) in [6.45, 7) is 0.0833. The van der Waals surface area contributed by atoms with Gasteiger partial charge in [-0.25, -0.2) is 13.1 Å². The van der Waals surface area contributed by atoms with Crippen molar-refractivity contribution in [2.45, 2.75) is 30.1 Å². The molecule has 1 fully saturated rings. The molecule has 0 aromatic heterocycles. The van der Waals surface area contributed by atoms with Gasteiger partial charge in [-0.15, -0.1) is 0 Å². The quantitative estimate of drug-likeness (QED) is 0.740. The first-order chi connectivity index (χ1) is 9.90. The Morgan fingerprint density at radius 2 is 2.00 bits per heavy atom. The lowest BCUT2D eigenvalue weighted by atomic mass is 10.1. The summed E-state index contributed by atoms with van der Waals surface area (Å²) < 4.78 is 31.0. The van der Waals surface area contributed by atoms with Crippen molar-refractivity contribution >= 4 is 16.0 Å². The van der Waals surface area contributed by atoms with Gasteiger partial charge in [0.1, 0.15) is 10.8 Å². The normalized spacial score (nSPS) is 18.1. The number of rotatable bonds is 8. The fourth-order valence-electron chi connectivity index (χ4n) is 2.23. The minimum Gasteiger partial charge on any atom is -0.480 e. The van der Waals surface area contributed by atoms with Crippen molar-refractivity contribution in [1.29, 1.82) is 0 Å². The summed E-state index contributed by atoms with van der Waals surface area (Å²) in [6, 6.07) is 7.76. The molecule has 0 unspecified atom stereocenters. The molecule has 0 heterocycles. The molecule has 0 spiro atoms. The summed E-state index contributed by atoms with van der Waals surface area (Å²) in [4.78, 5) is 11.3. The Morgan fingerprint density at radius 1 is 1.38 bits per heavy atom. The van der Waals surface area contributed by atoms with Crippen molar-refractivity contribution in [1.82, 2.24) is 4.72 Å². The van der Waals surface area contributed by atoms with Crippen LogP contribution in [0.15, 0.2) is 30.3 Å². The van der Waals surface area contributed by atoms with E-state index in [1.165, 1.54) is 7.11 Å². The molecule has 1 aromatic carbocycles. The Morgan fingerprint density at radius 3 is 2.48 bits per heavy atom. The zero-order chi connectivity index (χ0) is 15.5. The van der Waals surface area contributed by atoms with Crippen LogP contribution < -0.4 is 4.72 Å². The molecule has 2 N–H and O–H groups in total. The maximum atomic E-state index is 12.4. The summed E-state index contributed by atoms with van der Waals surface area (Å²) in [5, 5.41) is 9.26. The van der Waals surface area contributed by atoms with Crippen LogP contribution in [0.25, 0.3) is 0 Å². The third kappa shape index (κ3) is 3.61. The van der Waals surface area contributed by atoms with Gasteiger partial charge in [0, 0.05) is 7.11 Å². The van der Waals surface area contributed by atoms with E-state index < -0.39 is 26.8 Å². The summed E-state index contributed by atoms with van der Waals surface area (Å²) in [5.41, 5.74) is 0.768. The van der Waals surface area contributed by atoms with Gasteiger partial charge in [-0.05, 0) is 24.8 Å². The number of carboxylic acids is 1. The minimum atomic E-state index is -3.73. The highest BCUT2D eigenvalue weighted by Crippen LogP contribution is 2.43. The Labute approximate surface area is 124 Å². The maximum absolute atomic E-state index is 12.4. The highest BCUT2D eigenvalue weighted by molar-refractivity contribution is 7.91. The van der Waals surface area contributed by atoms with E-state index in [0.717, 1.165) is 5.56 Å². The third-order valence-electron chi connectivity index (χ3n) is 3.66. The Kier molecular flexibility index (Phi) is 4.65. The predicted molar refractivity (Wildman–Crippen MR) is 77.5 cm³/mol. The van der Waals surface area contributed by atoms with Crippen LogP contribution in [0.3, 0.4) is 0 Å². The molecule has 0 radical (unpaired) electrons. The van der Waals surface area contributed by atoms with Crippen LogP contribution in [0.5, 0.6) is 0 Å². The van der Waals surface area contributed by atoms with Gasteiger partial charge in [0.25, 0.3) is 0 Å². The van der Waals surface area contributed by atoms with E-state index in [9.17, 15) is 18.3 Å². The van der Waals surface area contributed by atoms with Gasteiger partial charge >= 0.3 is 5.97 Å².